The Morgan fingerprint density at radius 2 is 1.92 bits per heavy atom. The third-order valence-electron chi connectivity index (χ3n) is 4.72. The summed E-state index contributed by atoms with van der Waals surface area (Å²) >= 11 is 0. The zero-order valence-corrected chi connectivity index (χ0v) is 15.2. The first-order chi connectivity index (χ1) is 12.4. The minimum absolute atomic E-state index is 0.151. The van der Waals surface area contributed by atoms with Gasteiger partial charge in [0, 0.05) is 18.8 Å². The summed E-state index contributed by atoms with van der Waals surface area (Å²) in [4.78, 5) is 25.8. The smallest absolute Gasteiger partial charge is 0.308 e. The Bertz CT molecular complexity index is 813. The van der Waals surface area contributed by atoms with Crippen LogP contribution in [0.3, 0.4) is 0 Å². The van der Waals surface area contributed by atoms with Crippen molar-refractivity contribution < 1.29 is 19.4 Å². The van der Waals surface area contributed by atoms with E-state index >= 15 is 0 Å². The van der Waals surface area contributed by atoms with Gasteiger partial charge in [0.25, 0.3) is 5.91 Å². The molecule has 1 saturated heterocycles. The van der Waals surface area contributed by atoms with Gasteiger partial charge in [0.1, 0.15) is 5.75 Å². The number of carbonyl (C=O) groups excluding carboxylic acids is 1. The van der Waals surface area contributed by atoms with Crippen LogP contribution in [0.25, 0.3) is 5.69 Å². The highest BCUT2D eigenvalue weighted by molar-refractivity contribution is 5.93. The molecule has 1 aliphatic rings. The third-order valence-corrected chi connectivity index (χ3v) is 4.72. The number of benzene rings is 1. The van der Waals surface area contributed by atoms with Crippen LogP contribution in [0.2, 0.25) is 0 Å². The van der Waals surface area contributed by atoms with Crippen molar-refractivity contribution in [2.75, 3.05) is 20.2 Å². The van der Waals surface area contributed by atoms with E-state index in [1.165, 1.54) is 0 Å². The summed E-state index contributed by atoms with van der Waals surface area (Å²) in [6, 6.07) is 9.15. The average molecular weight is 357 g/mol. The van der Waals surface area contributed by atoms with Crippen LogP contribution in [0.15, 0.2) is 30.3 Å². The molecule has 26 heavy (non-hydrogen) atoms. The van der Waals surface area contributed by atoms with Gasteiger partial charge in [0.15, 0.2) is 5.69 Å². The maximum atomic E-state index is 12.8. The number of ether oxygens (including phenoxy) is 1. The summed E-state index contributed by atoms with van der Waals surface area (Å²) in [6.07, 6.45) is 0.596. The minimum atomic E-state index is -0.853. The van der Waals surface area contributed by atoms with Gasteiger partial charge in [-0.15, -0.1) is 0 Å². The Morgan fingerprint density at radius 3 is 2.54 bits per heavy atom. The molecular formula is C19H23N3O4. The summed E-state index contributed by atoms with van der Waals surface area (Å²) in [6.45, 7) is 4.63. The van der Waals surface area contributed by atoms with E-state index in [2.05, 4.69) is 5.10 Å². The maximum absolute atomic E-state index is 12.8. The Morgan fingerprint density at radius 1 is 1.23 bits per heavy atom. The number of aryl methyl sites for hydroxylation is 1. The van der Waals surface area contributed by atoms with E-state index in [9.17, 15) is 14.7 Å². The topological polar surface area (TPSA) is 84.7 Å². The lowest BCUT2D eigenvalue weighted by Gasteiger charge is -2.34. The number of amides is 1. The lowest BCUT2D eigenvalue weighted by molar-refractivity contribution is -0.143. The molecule has 0 saturated carbocycles. The van der Waals surface area contributed by atoms with Crippen molar-refractivity contribution >= 4 is 11.9 Å². The van der Waals surface area contributed by atoms with Gasteiger partial charge >= 0.3 is 5.97 Å². The van der Waals surface area contributed by atoms with E-state index in [4.69, 9.17) is 4.74 Å². The molecule has 7 nitrogen and oxygen atoms in total. The molecule has 2 unspecified atom stereocenters. The second-order valence-electron chi connectivity index (χ2n) is 6.87. The Hall–Kier alpha value is -2.83. The monoisotopic (exact) mass is 357 g/mol. The van der Waals surface area contributed by atoms with Crippen LogP contribution in [-0.4, -0.2) is 51.9 Å². The number of hydrogen-bond acceptors (Lipinski definition) is 4. The summed E-state index contributed by atoms with van der Waals surface area (Å²) in [5.41, 5.74) is 1.99. The fourth-order valence-electron chi connectivity index (χ4n) is 3.42. The van der Waals surface area contributed by atoms with E-state index in [0.717, 1.165) is 17.1 Å². The fourth-order valence-corrected chi connectivity index (χ4v) is 3.42. The number of carboxylic acid groups (broad SMARTS) is 1. The molecule has 1 N–H and O–H groups in total. The van der Waals surface area contributed by atoms with Gasteiger partial charge in [-0.1, -0.05) is 6.92 Å². The quantitative estimate of drug-likeness (QED) is 0.908. The van der Waals surface area contributed by atoms with Crippen LogP contribution in [-0.2, 0) is 4.79 Å². The minimum Gasteiger partial charge on any atom is -0.497 e. The molecular weight excluding hydrogens is 334 g/mol. The molecule has 0 spiro atoms. The Labute approximate surface area is 152 Å². The predicted octanol–water partition coefficient (Wildman–Crippen LogP) is 2.37. The van der Waals surface area contributed by atoms with E-state index in [1.807, 2.05) is 38.1 Å². The van der Waals surface area contributed by atoms with Crippen molar-refractivity contribution in [2.45, 2.75) is 20.3 Å². The molecule has 3 rings (SSSR count). The van der Waals surface area contributed by atoms with E-state index in [1.54, 1.807) is 22.8 Å². The number of likely N-dealkylation sites (tertiary alicyclic amines) is 1. The molecule has 7 heteroatoms. The van der Waals surface area contributed by atoms with Crippen molar-refractivity contribution in [1.82, 2.24) is 14.7 Å². The van der Waals surface area contributed by atoms with Gasteiger partial charge in [0.05, 0.1) is 18.7 Å². The first-order valence-electron chi connectivity index (χ1n) is 8.62. The van der Waals surface area contributed by atoms with Crippen LogP contribution >= 0.6 is 0 Å². The SMILES string of the molecule is COc1ccc(-n2nc(C(=O)N3CC(C)CC(C(=O)O)C3)cc2C)cc1. The molecule has 1 aliphatic heterocycles. The zero-order chi connectivity index (χ0) is 18.8. The van der Waals surface area contributed by atoms with Gasteiger partial charge in [-0.2, -0.15) is 5.10 Å². The predicted molar refractivity (Wildman–Crippen MR) is 95.7 cm³/mol. The zero-order valence-electron chi connectivity index (χ0n) is 15.2. The van der Waals surface area contributed by atoms with Crippen molar-refractivity contribution in [3.63, 3.8) is 0 Å². The molecule has 0 radical (unpaired) electrons. The number of nitrogens with zero attached hydrogens (tertiary/aromatic N) is 3. The Kier molecular flexibility index (Phi) is 4.97. The van der Waals surface area contributed by atoms with Crippen molar-refractivity contribution in [3.8, 4) is 11.4 Å². The van der Waals surface area contributed by atoms with Gasteiger partial charge in [-0.25, -0.2) is 4.68 Å². The van der Waals surface area contributed by atoms with Crippen molar-refractivity contribution in [3.05, 3.63) is 41.7 Å². The molecule has 0 aliphatic carbocycles. The number of carboxylic acids is 1. The summed E-state index contributed by atoms with van der Waals surface area (Å²) in [5.74, 6) is -0.699. The number of hydrogen-bond donors (Lipinski definition) is 1. The molecule has 1 fully saturated rings. The lowest BCUT2D eigenvalue weighted by Crippen LogP contribution is -2.45. The summed E-state index contributed by atoms with van der Waals surface area (Å²) in [7, 11) is 1.61. The first-order valence-corrected chi connectivity index (χ1v) is 8.62. The number of aromatic nitrogens is 2. The highest BCUT2D eigenvalue weighted by Crippen LogP contribution is 2.24. The number of piperidine rings is 1. The normalized spacial score (nSPS) is 20.0. The van der Waals surface area contributed by atoms with Crippen molar-refractivity contribution in [2.24, 2.45) is 11.8 Å². The first kappa shape index (κ1) is 18.0. The lowest BCUT2D eigenvalue weighted by atomic mass is 9.90. The standard InChI is InChI=1S/C19H23N3O4/c1-12-8-14(19(24)25)11-21(10-12)18(23)17-9-13(2)22(20-17)15-4-6-16(26-3)7-5-15/h4-7,9,12,14H,8,10-11H2,1-3H3,(H,24,25). The molecule has 138 valence electrons. The average Bonchev–Trinajstić information content (AvgIpc) is 3.02. The fraction of sp³-hybridized carbons (Fsp3) is 0.421. The number of rotatable bonds is 4. The van der Waals surface area contributed by atoms with Crippen LogP contribution in [0, 0.1) is 18.8 Å². The van der Waals surface area contributed by atoms with Crippen LogP contribution in [0.1, 0.15) is 29.5 Å². The van der Waals surface area contributed by atoms with E-state index in [0.29, 0.717) is 18.7 Å². The summed E-state index contributed by atoms with van der Waals surface area (Å²) in [5, 5.41) is 13.7. The van der Waals surface area contributed by atoms with Crippen LogP contribution < -0.4 is 4.74 Å². The number of aliphatic carboxylic acids is 1. The van der Waals surface area contributed by atoms with E-state index < -0.39 is 11.9 Å². The molecule has 2 heterocycles. The molecule has 2 atom stereocenters. The van der Waals surface area contributed by atoms with Crippen molar-refractivity contribution in [1.29, 1.82) is 0 Å². The maximum Gasteiger partial charge on any atom is 0.308 e. The van der Waals surface area contributed by atoms with Gasteiger partial charge in [0.2, 0.25) is 0 Å². The van der Waals surface area contributed by atoms with Gasteiger partial charge in [-0.05, 0) is 49.6 Å². The Balaban J connectivity index is 1.83. The molecule has 1 aromatic heterocycles. The second-order valence-corrected chi connectivity index (χ2v) is 6.87. The third kappa shape index (κ3) is 3.56. The number of methoxy groups -OCH3 is 1. The van der Waals surface area contributed by atoms with Gasteiger partial charge in [-0.3, -0.25) is 9.59 Å². The second kappa shape index (κ2) is 7.19. The van der Waals surface area contributed by atoms with Crippen LogP contribution in [0.5, 0.6) is 5.75 Å². The highest BCUT2D eigenvalue weighted by Gasteiger charge is 2.33. The van der Waals surface area contributed by atoms with E-state index in [-0.39, 0.29) is 18.4 Å². The largest absolute Gasteiger partial charge is 0.497 e. The van der Waals surface area contributed by atoms with Crippen LogP contribution in [0.4, 0.5) is 0 Å². The molecule has 0 bridgehead atoms. The molecule has 2 aromatic rings. The highest BCUT2D eigenvalue weighted by atomic mass is 16.5. The molecule has 1 amide bonds. The number of carbonyl (C=O) groups is 2. The molecule has 1 aromatic carbocycles. The summed E-state index contributed by atoms with van der Waals surface area (Å²) < 4.78 is 6.86. The van der Waals surface area contributed by atoms with Gasteiger partial charge < -0.3 is 14.7 Å².